The minimum absolute atomic E-state index is 0.0151. The van der Waals surface area contributed by atoms with E-state index in [0.29, 0.717) is 0 Å². The van der Waals surface area contributed by atoms with Gasteiger partial charge in [0.15, 0.2) is 5.78 Å². The third-order valence-electron chi connectivity index (χ3n) is 4.51. The van der Waals surface area contributed by atoms with Crippen LogP contribution in [0.1, 0.15) is 0 Å². The molecule has 0 heterocycles. The zero-order valence-corrected chi connectivity index (χ0v) is 16.5. The molecule has 1 aliphatic carbocycles. The summed E-state index contributed by atoms with van der Waals surface area (Å²) in [6, 6.07) is 23.7. The van der Waals surface area contributed by atoms with Crippen LogP contribution in [-0.2, 0) is 4.79 Å². The number of nitrogens with zero attached hydrogens (tertiary/aromatic N) is 1. The van der Waals surface area contributed by atoms with Gasteiger partial charge in [-0.15, -0.1) is 0 Å². The van der Waals surface area contributed by atoms with Crippen molar-refractivity contribution in [1.29, 1.82) is 0 Å². The van der Waals surface area contributed by atoms with Crippen LogP contribution in [0.4, 0.5) is 28.4 Å². The van der Waals surface area contributed by atoms with E-state index in [2.05, 4.69) is 15.6 Å². The van der Waals surface area contributed by atoms with Crippen molar-refractivity contribution in [2.24, 2.45) is 4.99 Å². The Kier molecular flexibility index (Phi) is 5.71. The van der Waals surface area contributed by atoms with Crippen molar-refractivity contribution in [2.75, 3.05) is 17.7 Å². The number of carbonyl (C=O) groups excluding carboxylic acids is 1. The van der Waals surface area contributed by atoms with E-state index in [4.69, 9.17) is 4.74 Å². The number of methoxy groups -OCH3 is 1. The number of benzene rings is 3. The number of hydrogen-bond donors (Lipinski definition) is 2. The van der Waals surface area contributed by atoms with Gasteiger partial charge in [-0.3, -0.25) is 4.79 Å². The molecule has 0 spiro atoms. The van der Waals surface area contributed by atoms with Crippen molar-refractivity contribution in [3.05, 3.63) is 97.1 Å². The van der Waals surface area contributed by atoms with Crippen molar-refractivity contribution < 1.29 is 9.53 Å². The average molecular weight is 395 g/mol. The Hall–Kier alpha value is -4.12. The molecule has 0 saturated heterocycles. The molecule has 1 aliphatic rings. The summed E-state index contributed by atoms with van der Waals surface area (Å²) in [7, 11) is 1.66. The van der Waals surface area contributed by atoms with Crippen LogP contribution in [0.5, 0.6) is 5.75 Å². The molecule has 0 saturated carbocycles. The number of rotatable bonds is 6. The average Bonchev–Trinajstić information content (AvgIpc) is 2.78. The lowest BCUT2D eigenvalue weighted by Gasteiger charge is -2.10. The lowest BCUT2D eigenvalue weighted by atomic mass is 10.1. The highest BCUT2D eigenvalue weighted by Gasteiger charge is 2.01. The second kappa shape index (κ2) is 8.92. The maximum atomic E-state index is 11.2. The van der Waals surface area contributed by atoms with Gasteiger partial charge in [0.2, 0.25) is 0 Å². The van der Waals surface area contributed by atoms with Crippen LogP contribution in [0.2, 0.25) is 0 Å². The van der Waals surface area contributed by atoms with Gasteiger partial charge < -0.3 is 15.4 Å². The normalized spacial score (nSPS) is 12.6. The molecule has 5 nitrogen and oxygen atoms in total. The molecule has 0 aromatic heterocycles. The van der Waals surface area contributed by atoms with E-state index in [1.807, 2.05) is 72.8 Å². The van der Waals surface area contributed by atoms with Gasteiger partial charge in [0.05, 0.1) is 18.5 Å². The van der Waals surface area contributed by atoms with Gasteiger partial charge in [-0.05, 0) is 97.1 Å². The molecular formula is C25H21N3O2. The zero-order chi connectivity index (χ0) is 20.8. The molecule has 3 aromatic carbocycles. The highest BCUT2D eigenvalue weighted by Crippen LogP contribution is 2.24. The second-order valence-electron chi connectivity index (χ2n) is 6.71. The van der Waals surface area contributed by atoms with Gasteiger partial charge in [0, 0.05) is 22.7 Å². The number of ether oxygens (including phenoxy) is 1. The van der Waals surface area contributed by atoms with E-state index < -0.39 is 0 Å². The van der Waals surface area contributed by atoms with E-state index >= 15 is 0 Å². The molecule has 0 amide bonds. The van der Waals surface area contributed by atoms with Gasteiger partial charge in [-0.1, -0.05) is 0 Å². The number of aliphatic imine (C=N–C) groups is 1. The summed E-state index contributed by atoms with van der Waals surface area (Å²) in [5, 5.41) is 6.75. The summed E-state index contributed by atoms with van der Waals surface area (Å²) < 4.78 is 5.18. The Morgan fingerprint density at radius 2 is 1.07 bits per heavy atom. The van der Waals surface area contributed by atoms with Crippen LogP contribution in [-0.4, -0.2) is 18.6 Å². The molecule has 3 aromatic rings. The van der Waals surface area contributed by atoms with E-state index in [9.17, 15) is 4.79 Å². The molecule has 0 fully saturated rings. The fourth-order valence-corrected chi connectivity index (χ4v) is 2.93. The Labute approximate surface area is 175 Å². The summed E-state index contributed by atoms with van der Waals surface area (Å²) in [5.74, 6) is 0.818. The molecule has 30 heavy (non-hydrogen) atoms. The molecule has 5 heteroatoms. The Morgan fingerprint density at radius 1 is 0.633 bits per heavy atom. The van der Waals surface area contributed by atoms with Crippen molar-refractivity contribution >= 4 is 39.9 Å². The molecule has 0 atom stereocenters. The molecule has 0 aliphatic heterocycles. The topological polar surface area (TPSA) is 62.7 Å². The standard InChI is InChI=1S/C25H21N3O2/c1-30-25-16-12-23(13-17-25)28-21-8-4-19(5-9-21)26-18-2-6-20(7-3-18)27-22-10-14-24(29)15-11-22/h2-17,26,28H,1H3. The smallest absolute Gasteiger partial charge is 0.178 e. The van der Waals surface area contributed by atoms with E-state index in [-0.39, 0.29) is 5.78 Å². The summed E-state index contributed by atoms with van der Waals surface area (Å²) in [5.41, 5.74) is 5.56. The minimum Gasteiger partial charge on any atom is -0.497 e. The largest absolute Gasteiger partial charge is 0.497 e. The molecule has 2 N–H and O–H groups in total. The predicted octanol–water partition coefficient (Wildman–Crippen LogP) is 5.95. The zero-order valence-electron chi connectivity index (χ0n) is 16.5. The van der Waals surface area contributed by atoms with Gasteiger partial charge in [0.25, 0.3) is 0 Å². The third-order valence-corrected chi connectivity index (χ3v) is 4.51. The van der Waals surface area contributed by atoms with Crippen molar-refractivity contribution in [3.63, 3.8) is 0 Å². The number of carbonyl (C=O) groups is 1. The quantitative estimate of drug-likeness (QED) is 0.506. The minimum atomic E-state index is -0.0151. The number of anilines is 4. The van der Waals surface area contributed by atoms with Crippen LogP contribution in [0.15, 0.2) is 102 Å². The van der Waals surface area contributed by atoms with Crippen LogP contribution < -0.4 is 15.4 Å². The Morgan fingerprint density at radius 3 is 1.53 bits per heavy atom. The van der Waals surface area contributed by atoms with E-state index in [1.165, 1.54) is 12.2 Å². The Balaban J connectivity index is 1.37. The van der Waals surface area contributed by atoms with Crippen molar-refractivity contribution in [3.8, 4) is 5.75 Å². The Bertz CT molecular complexity index is 1090. The lowest BCUT2D eigenvalue weighted by molar-refractivity contribution is -0.110. The van der Waals surface area contributed by atoms with Crippen molar-refractivity contribution in [2.45, 2.75) is 0 Å². The molecule has 0 unspecified atom stereocenters. The second-order valence-corrected chi connectivity index (χ2v) is 6.71. The molecule has 148 valence electrons. The highest BCUT2D eigenvalue weighted by molar-refractivity contribution is 6.17. The maximum Gasteiger partial charge on any atom is 0.178 e. The van der Waals surface area contributed by atoms with Gasteiger partial charge in [-0.2, -0.15) is 0 Å². The molecular weight excluding hydrogens is 374 g/mol. The fraction of sp³-hybridized carbons (Fsp3) is 0.0400. The number of nitrogens with one attached hydrogen (secondary N) is 2. The molecule has 0 bridgehead atoms. The van der Waals surface area contributed by atoms with E-state index in [1.54, 1.807) is 19.3 Å². The van der Waals surface area contributed by atoms with E-state index in [0.717, 1.165) is 39.9 Å². The first-order valence-corrected chi connectivity index (χ1v) is 9.55. The summed E-state index contributed by atoms with van der Waals surface area (Å²) in [6.45, 7) is 0. The van der Waals surface area contributed by atoms with Crippen LogP contribution >= 0.6 is 0 Å². The summed E-state index contributed by atoms with van der Waals surface area (Å²) >= 11 is 0. The van der Waals surface area contributed by atoms with Gasteiger partial charge >= 0.3 is 0 Å². The summed E-state index contributed by atoms with van der Waals surface area (Å²) in [4.78, 5) is 15.7. The van der Waals surface area contributed by atoms with Crippen LogP contribution in [0, 0.1) is 0 Å². The first-order chi connectivity index (χ1) is 14.7. The number of hydrogen-bond acceptors (Lipinski definition) is 5. The maximum absolute atomic E-state index is 11.2. The van der Waals surface area contributed by atoms with Crippen LogP contribution in [0.25, 0.3) is 0 Å². The number of allylic oxidation sites excluding steroid dienone is 4. The first-order valence-electron chi connectivity index (χ1n) is 9.55. The fourth-order valence-electron chi connectivity index (χ4n) is 2.93. The van der Waals surface area contributed by atoms with Crippen LogP contribution in [0.3, 0.4) is 0 Å². The van der Waals surface area contributed by atoms with Gasteiger partial charge in [-0.25, -0.2) is 4.99 Å². The SMILES string of the molecule is COc1ccc(Nc2ccc(Nc3ccc(N=C4C=CC(=O)C=C4)cc3)cc2)cc1. The third kappa shape index (κ3) is 5.02. The highest BCUT2D eigenvalue weighted by atomic mass is 16.5. The van der Waals surface area contributed by atoms with Crippen molar-refractivity contribution in [1.82, 2.24) is 0 Å². The first kappa shape index (κ1) is 19.2. The molecule has 0 radical (unpaired) electrons. The predicted molar refractivity (Wildman–Crippen MR) is 123 cm³/mol. The monoisotopic (exact) mass is 395 g/mol. The lowest BCUT2D eigenvalue weighted by Crippen LogP contribution is -1.98. The van der Waals surface area contributed by atoms with Gasteiger partial charge in [0.1, 0.15) is 5.75 Å². The molecule has 4 rings (SSSR count). The number of ketones is 1. The summed E-state index contributed by atoms with van der Waals surface area (Å²) in [6.07, 6.45) is 6.47.